The highest BCUT2D eigenvalue weighted by Crippen LogP contribution is 2.21. The molecule has 0 aliphatic carbocycles. The first-order valence-corrected chi connectivity index (χ1v) is 10.5. The summed E-state index contributed by atoms with van der Waals surface area (Å²) in [4.78, 5) is 20.8. The Hall–Kier alpha value is -1.54. The second-order valence-electron chi connectivity index (χ2n) is 8.35. The Balaban J connectivity index is 1.83. The number of amides is 1. The number of hydrogen-bond acceptors (Lipinski definition) is 5. The number of morpholine rings is 1. The Kier molecular flexibility index (Phi) is 8.82. The van der Waals surface area contributed by atoms with E-state index in [2.05, 4.69) is 22.1 Å². The van der Waals surface area contributed by atoms with Gasteiger partial charge in [0.1, 0.15) is 11.7 Å². The largest absolute Gasteiger partial charge is 0.444 e. The monoisotopic (exact) mass is 398 g/mol. The molecule has 2 rings (SSSR count). The van der Waals surface area contributed by atoms with Gasteiger partial charge in [0.05, 0.1) is 12.7 Å². The average Bonchev–Trinajstić information content (AvgIpc) is 3.18. The lowest BCUT2D eigenvalue weighted by Gasteiger charge is -2.37. The van der Waals surface area contributed by atoms with Crippen molar-refractivity contribution in [2.24, 2.45) is 4.99 Å². The number of carbonyl (C=O) groups excluding carboxylic acids is 1. The van der Waals surface area contributed by atoms with Crippen molar-refractivity contribution >= 4 is 12.1 Å². The lowest BCUT2D eigenvalue weighted by Crippen LogP contribution is -2.54. The van der Waals surface area contributed by atoms with Crippen LogP contribution in [-0.2, 0) is 14.2 Å². The van der Waals surface area contributed by atoms with Crippen molar-refractivity contribution in [1.82, 2.24) is 15.1 Å². The first-order valence-electron chi connectivity index (χ1n) is 10.5. The number of ether oxygens (including phenoxy) is 3. The summed E-state index contributed by atoms with van der Waals surface area (Å²) >= 11 is 0. The molecule has 2 unspecified atom stereocenters. The van der Waals surface area contributed by atoms with Crippen molar-refractivity contribution < 1.29 is 19.0 Å². The number of aliphatic imine (C=N–C) groups is 1. The molecule has 2 aliphatic rings. The van der Waals surface area contributed by atoms with Crippen molar-refractivity contribution in [3.05, 3.63) is 0 Å². The quantitative estimate of drug-likeness (QED) is 0.545. The minimum Gasteiger partial charge on any atom is -0.444 e. The van der Waals surface area contributed by atoms with Crippen molar-refractivity contribution in [3.8, 4) is 0 Å². The van der Waals surface area contributed by atoms with Crippen LogP contribution < -0.4 is 5.32 Å². The van der Waals surface area contributed by atoms with Crippen LogP contribution in [0.15, 0.2) is 4.99 Å². The minimum absolute atomic E-state index is 0.0909. The molecule has 0 spiro atoms. The zero-order valence-corrected chi connectivity index (χ0v) is 18.2. The Bertz CT molecular complexity index is 515. The van der Waals surface area contributed by atoms with Gasteiger partial charge in [-0.1, -0.05) is 6.92 Å². The maximum Gasteiger partial charge on any atom is 0.410 e. The van der Waals surface area contributed by atoms with E-state index in [0.717, 1.165) is 44.9 Å². The Labute approximate surface area is 169 Å². The van der Waals surface area contributed by atoms with E-state index in [1.54, 1.807) is 11.9 Å². The standard InChI is InChI=1S/C20H38N4O4/c1-6-10-23(19(25)28-20(2,3)4)11-9-22-18(21-5)24-12-14-27-17(15-24)16-8-7-13-26-16/h16-17H,6-15H2,1-5H3,(H,21,22). The zero-order chi connectivity index (χ0) is 20.6. The van der Waals surface area contributed by atoms with Crippen LogP contribution in [0, 0.1) is 0 Å². The van der Waals surface area contributed by atoms with Gasteiger partial charge in [-0.25, -0.2) is 4.79 Å². The second-order valence-corrected chi connectivity index (χ2v) is 8.35. The van der Waals surface area contributed by atoms with Gasteiger partial charge >= 0.3 is 6.09 Å². The molecule has 2 heterocycles. The number of nitrogens with zero attached hydrogens (tertiary/aromatic N) is 3. The summed E-state index contributed by atoms with van der Waals surface area (Å²) < 4.78 is 17.2. The Morgan fingerprint density at radius 1 is 1.25 bits per heavy atom. The van der Waals surface area contributed by atoms with E-state index >= 15 is 0 Å². The van der Waals surface area contributed by atoms with Crippen LogP contribution in [0.25, 0.3) is 0 Å². The molecule has 0 aromatic rings. The third-order valence-electron chi connectivity index (χ3n) is 4.79. The third-order valence-corrected chi connectivity index (χ3v) is 4.79. The van der Waals surface area contributed by atoms with Crippen molar-refractivity contribution in [1.29, 1.82) is 0 Å². The van der Waals surface area contributed by atoms with Gasteiger partial charge in [0.25, 0.3) is 0 Å². The molecule has 0 bridgehead atoms. The lowest BCUT2D eigenvalue weighted by molar-refractivity contribution is -0.0817. The molecular weight excluding hydrogens is 360 g/mol. The fraction of sp³-hybridized carbons (Fsp3) is 0.900. The summed E-state index contributed by atoms with van der Waals surface area (Å²) in [5.74, 6) is 0.840. The van der Waals surface area contributed by atoms with Crippen LogP contribution in [-0.4, -0.2) is 92.6 Å². The van der Waals surface area contributed by atoms with Crippen LogP contribution in [0.1, 0.15) is 47.0 Å². The van der Waals surface area contributed by atoms with Gasteiger partial charge in [0.2, 0.25) is 0 Å². The highest BCUT2D eigenvalue weighted by molar-refractivity contribution is 5.80. The summed E-state index contributed by atoms with van der Waals surface area (Å²) in [7, 11) is 1.79. The predicted octanol–water partition coefficient (Wildman–Crippen LogP) is 2.09. The average molecular weight is 399 g/mol. The SMILES string of the molecule is CCCN(CCNC(=NC)N1CCOC(C2CCCO2)C1)C(=O)OC(C)(C)C. The maximum atomic E-state index is 12.4. The molecule has 1 amide bonds. The van der Waals surface area contributed by atoms with E-state index in [-0.39, 0.29) is 18.3 Å². The summed E-state index contributed by atoms with van der Waals surface area (Å²) in [6, 6.07) is 0. The predicted molar refractivity (Wildman–Crippen MR) is 110 cm³/mol. The Morgan fingerprint density at radius 3 is 2.61 bits per heavy atom. The Morgan fingerprint density at radius 2 is 2.00 bits per heavy atom. The molecule has 2 aliphatic heterocycles. The van der Waals surface area contributed by atoms with Gasteiger partial charge in [-0.3, -0.25) is 4.99 Å². The number of hydrogen-bond donors (Lipinski definition) is 1. The molecule has 162 valence electrons. The van der Waals surface area contributed by atoms with Gasteiger partial charge in [-0.05, 0) is 40.0 Å². The number of nitrogens with one attached hydrogen (secondary N) is 1. The van der Waals surface area contributed by atoms with Crippen LogP contribution in [0.3, 0.4) is 0 Å². The summed E-state index contributed by atoms with van der Waals surface area (Å²) in [5.41, 5.74) is -0.488. The molecule has 8 nitrogen and oxygen atoms in total. The van der Waals surface area contributed by atoms with E-state index in [1.807, 2.05) is 20.8 Å². The minimum atomic E-state index is -0.488. The molecule has 0 aromatic carbocycles. The molecule has 0 radical (unpaired) electrons. The van der Waals surface area contributed by atoms with E-state index in [1.165, 1.54) is 0 Å². The van der Waals surface area contributed by atoms with Gasteiger partial charge in [-0.15, -0.1) is 0 Å². The first-order chi connectivity index (χ1) is 13.3. The topological polar surface area (TPSA) is 75.6 Å². The van der Waals surface area contributed by atoms with E-state index in [0.29, 0.717) is 26.2 Å². The fourth-order valence-electron chi connectivity index (χ4n) is 3.51. The smallest absolute Gasteiger partial charge is 0.410 e. The van der Waals surface area contributed by atoms with E-state index < -0.39 is 5.60 Å². The van der Waals surface area contributed by atoms with Crippen molar-refractivity contribution in [3.63, 3.8) is 0 Å². The van der Waals surface area contributed by atoms with Crippen molar-refractivity contribution in [2.75, 3.05) is 53.0 Å². The zero-order valence-electron chi connectivity index (χ0n) is 18.2. The number of guanidine groups is 1. The first kappa shape index (κ1) is 22.7. The normalized spacial score (nSPS) is 23.6. The summed E-state index contributed by atoms with van der Waals surface area (Å²) in [6.07, 6.45) is 3.07. The van der Waals surface area contributed by atoms with Gasteiger partial charge in [-0.2, -0.15) is 0 Å². The van der Waals surface area contributed by atoms with Gasteiger partial charge in [0.15, 0.2) is 5.96 Å². The summed E-state index contributed by atoms with van der Waals surface area (Å²) in [5, 5.41) is 3.39. The van der Waals surface area contributed by atoms with E-state index in [9.17, 15) is 4.79 Å². The molecular formula is C20H38N4O4. The number of rotatable bonds is 6. The van der Waals surface area contributed by atoms with Crippen LogP contribution >= 0.6 is 0 Å². The number of carbonyl (C=O) groups is 1. The fourth-order valence-corrected chi connectivity index (χ4v) is 3.51. The maximum absolute atomic E-state index is 12.4. The highest BCUT2D eigenvalue weighted by Gasteiger charge is 2.32. The molecule has 2 atom stereocenters. The van der Waals surface area contributed by atoms with Crippen LogP contribution in [0.4, 0.5) is 4.79 Å². The molecule has 0 saturated carbocycles. The lowest BCUT2D eigenvalue weighted by atomic mass is 10.1. The molecule has 2 fully saturated rings. The second kappa shape index (κ2) is 10.9. The molecule has 2 saturated heterocycles. The van der Waals surface area contributed by atoms with Crippen LogP contribution in [0.5, 0.6) is 0 Å². The van der Waals surface area contributed by atoms with E-state index in [4.69, 9.17) is 14.2 Å². The van der Waals surface area contributed by atoms with Crippen molar-refractivity contribution in [2.45, 2.75) is 64.8 Å². The molecule has 0 aromatic heterocycles. The van der Waals surface area contributed by atoms with Crippen LogP contribution in [0.2, 0.25) is 0 Å². The van der Waals surface area contributed by atoms with Gasteiger partial charge in [0, 0.05) is 46.4 Å². The molecule has 8 heteroatoms. The van der Waals surface area contributed by atoms with Gasteiger partial charge < -0.3 is 29.3 Å². The highest BCUT2D eigenvalue weighted by atomic mass is 16.6. The summed E-state index contributed by atoms with van der Waals surface area (Å²) in [6.45, 7) is 12.7. The molecule has 28 heavy (non-hydrogen) atoms. The third kappa shape index (κ3) is 7.13. The molecule has 1 N–H and O–H groups in total.